The SMILES string of the molecule is O[C@H]1[C@H](OCc2ccccc2)c2cncn2C[C@@H]1O. The Balaban J connectivity index is 1.77. The fraction of sp³-hybridized carbons (Fsp3) is 0.357. The molecule has 100 valence electrons. The van der Waals surface area contributed by atoms with Crippen LogP contribution in [0.3, 0.4) is 0 Å². The van der Waals surface area contributed by atoms with E-state index in [0.717, 1.165) is 11.3 Å². The highest BCUT2D eigenvalue weighted by Crippen LogP contribution is 2.29. The molecule has 1 aromatic heterocycles. The first-order valence-electron chi connectivity index (χ1n) is 6.27. The number of hydrogen-bond donors (Lipinski definition) is 2. The van der Waals surface area contributed by atoms with Crippen molar-refractivity contribution in [2.24, 2.45) is 0 Å². The van der Waals surface area contributed by atoms with Crippen LogP contribution < -0.4 is 0 Å². The Morgan fingerprint density at radius 1 is 1.26 bits per heavy atom. The van der Waals surface area contributed by atoms with Crippen LogP contribution in [0, 0.1) is 0 Å². The smallest absolute Gasteiger partial charge is 0.128 e. The van der Waals surface area contributed by atoms with Gasteiger partial charge in [0.2, 0.25) is 0 Å². The van der Waals surface area contributed by atoms with E-state index < -0.39 is 18.3 Å². The Morgan fingerprint density at radius 3 is 2.84 bits per heavy atom. The van der Waals surface area contributed by atoms with Crippen LogP contribution in [0.1, 0.15) is 17.4 Å². The predicted octanol–water partition coefficient (Wildman–Crippen LogP) is 0.876. The van der Waals surface area contributed by atoms with Crippen molar-refractivity contribution in [1.82, 2.24) is 9.55 Å². The van der Waals surface area contributed by atoms with Crippen molar-refractivity contribution < 1.29 is 14.9 Å². The summed E-state index contributed by atoms with van der Waals surface area (Å²) in [6.45, 7) is 0.738. The van der Waals surface area contributed by atoms with Crippen molar-refractivity contribution >= 4 is 0 Å². The van der Waals surface area contributed by atoms with Gasteiger partial charge in [0.1, 0.15) is 18.3 Å². The first-order valence-corrected chi connectivity index (χ1v) is 6.27. The molecule has 2 heterocycles. The van der Waals surface area contributed by atoms with Crippen LogP contribution in [0.2, 0.25) is 0 Å². The van der Waals surface area contributed by atoms with Gasteiger partial charge < -0.3 is 19.5 Å². The molecule has 0 saturated carbocycles. The third kappa shape index (κ3) is 2.40. The number of nitrogens with zero attached hydrogens (tertiary/aromatic N) is 2. The van der Waals surface area contributed by atoms with Gasteiger partial charge in [-0.2, -0.15) is 0 Å². The zero-order valence-corrected chi connectivity index (χ0v) is 10.4. The van der Waals surface area contributed by atoms with Gasteiger partial charge in [0.25, 0.3) is 0 Å². The molecule has 1 aliphatic heterocycles. The lowest BCUT2D eigenvalue weighted by atomic mass is 10.0. The zero-order valence-electron chi connectivity index (χ0n) is 10.4. The highest BCUT2D eigenvalue weighted by Gasteiger charge is 2.35. The lowest BCUT2D eigenvalue weighted by Gasteiger charge is -2.32. The van der Waals surface area contributed by atoms with E-state index in [1.165, 1.54) is 0 Å². The molecule has 3 rings (SSSR count). The van der Waals surface area contributed by atoms with Crippen molar-refractivity contribution in [2.75, 3.05) is 0 Å². The van der Waals surface area contributed by atoms with Gasteiger partial charge in [-0.25, -0.2) is 4.98 Å². The van der Waals surface area contributed by atoms with E-state index >= 15 is 0 Å². The number of aliphatic hydroxyl groups excluding tert-OH is 2. The second-order valence-electron chi connectivity index (χ2n) is 4.75. The minimum Gasteiger partial charge on any atom is -0.388 e. The molecule has 0 fully saturated rings. The molecular formula is C14H16N2O3. The topological polar surface area (TPSA) is 67.5 Å². The first-order chi connectivity index (χ1) is 9.25. The molecule has 0 unspecified atom stereocenters. The third-order valence-corrected chi connectivity index (χ3v) is 3.40. The van der Waals surface area contributed by atoms with E-state index in [9.17, 15) is 10.2 Å². The molecule has 0 saturated heterocycles. The maximum atomic E-state index is 10.1. The van der Waals surface area contributed by atoms with Gasteiger partial charge in [0, 0.05) is 0 Å². The number of aliphatic hydroxyl groups is 2. The molecule has 0 aliphatic carbocycles. The van der Waals surface area contributed by atoms with Crippen LogP contribution in [0.5, 0.6) is 0 Å². The van der Waals surface area contributed by atoms with Crippen molar-refractivity contribution in [3.63, 3.8) is 0 Å². The molecule has 2 N–H and O–H groups in total. The molecule has 5 nitrogen and oxygen atoms in total. The van der Waals surface area contributed by atoms with E-state index in [2.05, 4.69) is 4.98 Å². The van der Waals surface area contributed by atoms with E-state index in [1.54, 1.807) is 12.5 Å². The maximum Gasteiger partial charge on any atom is 0.128 e. The molecule has 2 aromatic rings. The van der Waals surface area contributed by atoms with Crippen molar-refractivity contribution in [3.8, 4) is 0 Å². The van der Waals surface area contributed by atoms with Crippen molar-refractivity contribution in [1.29, 1.82) is 0 Å². The first kappa shape index (κ1) is 12.3. The Bertz CT molecular complexity index is 541. The largest absolute Gasteiger partial charge is 0.388 e. The molecule has 5 heteroatoms. The normalized spacial score (nSPS) is 26.1. The zero-order chi connectivity index (χ0) is 13.2. The van der Waals surface area contributed by atoms with Crippen molar-refractivity contribution in [3.05, 3.63) is 54.1 Å². The summed E-state index contributed by atoms with van der Waals surface area (Å²) in [5, 5.41) is 19.9. The second-order valence-corrected chi connectivity index (χ2v) is 4.75. The summed E-state index contributed by atoms with van der Waals surface area (Å²) in [7, 11) is 0. The van der Waals surface area contributed by atoms with Crippen molar-refractivity contribution in [2.45, 2.75) is 31.5 Å². The Kier molecular flexibility index (Phi) is 3.33. The summed E-state index contributed by atoms with van der Waals surface area (Å²) in [4.78, 5) is 4.04. The van der Waals surface area contributed by atoms with Gasteiger partial charge in [-0.05, 0) is 5.56 Å². The minimum absolute atomic E-state index is 0.349. The molecule has 0 spiro atoms. The lowest BCUT2D eigenvalue weighted by Crippen LogP contribution is -2.42. The maximum absolute atomic E-state index is 10.1. The number of rotatable bonds is 3. The van der Waals surface area contributed by atoms with Gasteiger partial charge in [0.05, 0.1) is 31.4 Å². The standard InChI is InChI=1S/C14H16N2O3/c17-12-7-16-9-15-6-11(16)14(13(12)18)19-8-10-4-2-1-3-5-10/h1-6,9,12-14,17-18H,7-8H2/t12-,13+,14+/m0/s1. The van der Waals surface area contributed by atoms with E-state index in [1.807, 2.05) is 34.9 Å². The van der Waals surface area contributed by atoms with Gasteiger partial charge >= 0.3 is 0 Å². The Labute approximate surface area is 111 Å². The Hall–Kier alpha value is -1.69. The summed E-state index contributed by atoms with van der Waals surface area (Å²) >= 11 is 0. The molecule has 1 aliphatic rings. The van der Waals surface area contributed by atoms with E-state index in [0.29, 0.717) is 13.2 Å². The van der Waals surface area contributed by atoms with E-state index in [-0.39, 0.29) is 0 Å². The quantitative estimate of drug-likeness (QED) is 0.859. The predicted molar refractivity (Wildman–Crippen MR) is 68.2 cm³/mol. The van der Waals surface area contributed by atoms with Crippen LogP contribution in [0.25, 0.3) is 0 Å². The third-order valence-electron chi connectivity index (χ3n) is 3.40. The number of ether oxygens (including phenoxy) is 1. The average molecular weight is 260 g/mol. The fourth-order valence-corrected chi connectivity index (χ4v) is 2.35. The molecular weight excluding hydrogens is 244 g/mol. The number of fused-ring (bicyclic) bond motifs is 1. The number of benzene rings is 1. The summed E-state index contributed by atoms with van der Waals surface area (Å²) in [5.74, 6) is 0. The Morgan fingerprint density at radius 2 is 2.05 bits per heavy atom. The molecule has 0 bridgehead atoms. The molecule has 1 aromatic carbocycles. The molecule has 3 atom stereocenters. The number of aromatic nitrogens is 2. The van der Waals surface area contributed by atoms with Gasteiger partial charge in [-0.1, -0.05) is 30.3 Å². The fourth-order valence-electron chi connectivity index (χ4n) is 2.35. The number of imidazole rings is 1. The van der Waals surface area contributed by atoms with E-state index in [4.69, 9.17) is 4.74 Å². The lowest BCUT2D eigenvalue weighted by molar-refractivity contribution is -0.117. The van der Waals surface area contributed by atoms with Crippen LogP contribution in [0.15, 0.2) is 42.9 Å². The van der Waals surface area contributed by atoms with Crippen LogP contribution in [0.4, 0.5) is 0 Å². The molecule has 0 amide bonds. The number of hydrogen-bond acceptors (Lipinski definition) is 4. The average Bonchev–Trinajstić information content (AvgIpc) is 2.88. The monoisotopic (exact) mass is 260 g/mol. The van der Waals surface area contributed by atoms with Crippen LogP contribution in [-0.4, -0.2) is 32.0 Å². The highest BCUT2D eigenvalue weighted by molar-refractivity contribution is 5.15. The van der Waals surface area contributed by atoms with Gasteiger partial charge in [0.15, 0.2) is 0 Å². The summed E-state index contributed by atoms with van der Waals surface area (Å²) < 4.78 is 7.58. The minimum atomic E-state index is -0.923. The molecule has 0 radical (unpaired) electrons. The van der Waals surface area contributed by atoms with Gasteiger partial charge in [-0.15, -0.1) is 0 Å². The molecule has 19 heavy (non-hydrogen) atoms. The van der Waals surface area contributed by atoms with Gasteiger partial charge in [-0.3, -0.25) is 0 Å². The summed E-state index contributed by atoms with van der Waals surface area (Å²) in [6.07, 6.45) is 1.01. The summed E-state index contributed by atoms with van der Waals surface area (Å²) in [6, 6.07) is 9.74. The summed E-state index contributed by atoms with van der Waals surface area (Å²) in [5.41, 5.74) is 1.83. The second kappa shape index (κ2) is 5.13. The van der Waals surface area contributed by atoms with Crippen LogP contribution in [-0.2, 0) is 17.9 Å². The van der Waals surface area contributed by atoms with Crippen LogP contribution >= 0.6 is 0 Å². The highest BCUT2D eigenvalue weighted by atomic mass is 16.5.